The van der Waals surface area contributed by atoms with Gasteiger partial charge in [0.15, 0.2) is 0 Å². The molecule has 0 radical (unpaired) electrons. The Morgan fingerprint density at radius 2 is 2.10 bits per heavy atom. The second-order valence-corrected chi connectivity index (χ2v) is 5.74. The van der Waals surface area contributed by atoms with E-state index in [1.807, 2.05) is 24.3 Å². The Morgan fingerprint density at radius 1 is 1.38 bits per heavy atom. The highest BCUT2D eigenvalue weighted by Gasteiger charge is 2.32. The number of carbonyl (C=O) groups excluding carboxylic acids is 1. The monoisotopic (exact) mass is 292 g/mol. The number of hydrogen-bond acceptors (Lipinski definition) is 3. The van der Waals surface area contributed by atoms with E-state index in [0.29, 0.717) is 19.0 Å². The first-order chi connectivity index (χ1) is 10.1. The van der Waals surface area contributed by atoms with Crippen LogP contribution in [0.1, 0.15) is 20.3 Å². The van der Waals surface area contributed by atoms with Gasteiger partial charge in [-0.1, -0.05) is 19.9 Å². The molecule has 0 saturated carbocycles. The lowest BCUT2D eigenvalue weighted by molar-refractivity contribution is 0.0443. The van der Waals surface area contributed by atoms with E-state index in [-0.39, 0.29) is 12.1 Å². The molecule has 1 aliphatic heterocycles. The average molecular weight is 292 g/mol. The molecule has 0 aliphatic carbocycles. The number of likely N-dealkylation sites (tertiary alicyclic amines) is 1. The van der Waals surface area contributed by atoms with Crippen LogP contribution in [-0.2, 0) is 0 Å². The predicted molar refractivity (Wildman–Crippen MR) is 81.8 cm³/mol. The van der Waals surface area contributed by atoms with Crippen LogP contribution in [0, 0.1) is 5.92 Å². The Kier molecular flexibility index (Phi) is 5.31. The average Bonchev–Trinajstić information content (AvgIpc) is 2.42. The summed E-state index contributed by atoms with van der Waals surface area (Å²) in [6.45, 7) is 6.28. The summed E-state index contributed by atoms with van der Waals surface area (Å²) in [6.07, 6.45) is 1.07. The molecule has 0 atom stereocenters. The molecule has 0 spiro atoms. The molecule has 1 aromatic rings. The highest BCUT2D eigenvalue weighted by molar-refractivity contribution is 5.75. The van der Waals surface area contributed by atoms with E-state index in [0.717, 1.165) is 24.5 Å². The number of nitrogens with zero attached hydrogens (tertiary/aromatic N) is 1. The first-order valence-electron chi connectivity index (χ1n) is 7.42. The third-order valence-electron chi connectivity index (χ3n) is 3.48. The van der Waals surface area contributed by atoms with E-state index >= 15 is 0 Å². The largest absolute Gasteiger partial charge is 0.497 e. The minimum Gasteiger partial charge on any atom is -0.497 e. The van der Waals surface area contributed by atoms with Gasteiger partial charge in [0.05, 0.1) is 20.2 Å². The number of benzene rings is 1. The first-order valence-corrected chi connectivity index (χ1v) is 7.42. The molecular weight excluding hydrogens is 268 g/mol. The summed E-state index contributed by atoms with van der Waals surface area (Å²) < 4.78 is 11.0. The Labute approximate surface area is 126 Å². The maximum Gasteiger partial charge on any atom is 0.317 e. The van der Waals surface area contributed by atoms with Crippen LogP contribution in [0.4, 0.5) is 4.79 Å². The Balaban J connectivity index is 1.70. The van der Waals surface area contributed by atoms with Crippen molar-refractivity contribution in [2.75, 3.05) is 26.7 Å². The number of nitrogens with one attached hydrogen (secondary N) is 1. The topological polar surface area (TPSA) is 50.8 Å². The minimum atomic E-state index is 0.00106. The van der Waals surface area contributed by atoms with Crippen molar-refractivity contribution in [3.8, 4) is 11.5 Å². The fraction of sp³-hybridized carbons (Fsp3) is 0.562. The van der Waals surface area contributed by atoms with Crippen molar-refractivity contribution in [1.82, 2.24) is 10.2 Å². The van der Waals surface area contributed by atoms with Gasteiger partial charge in [-0.3, -0.25) is 0 Å². The normalized spacial score (nSPS) is 14.8. The lowest BCUT2D eigenvalue weighted by Gasteiger charge is -2.38. The van der Waals surface area contributed by atoms with Crippen molar-refractivity contribution in [1.29, 1.82) is 0 Å². The number of rotatable bonds is 6. The van der Waals surface area contributed by atoms with Crippen LogP contribution in [0.15, 0.2) is 24.3 Å². The second-order valence-electron chi connectivity index (χ2n) is 5.74. The van der Waals surface area contributed by atoms with Gasteiger partial charge in [0, 0.05) is 12.6 Å². The maximum absolute atomic E-state index is 11.8. The van der Waals surface area contributed by atoms with Gasteiger partial charge in [-0.05, 0) is 24.5 Å². The van der Waals surface area contributed by atoms with Gasteiger partial charge in [0.1, 0.15) is 17.6 Å². The van der Waals surface area contributed by atoms with E-state index in [2.05, 4.69) is 19.2 Å². The molecule has 0 aromatic heterocycles. The second kappa shape index (κ2) is 7.20. The maximum atomic E-state index is 11.8. The Hall–Kier alpha value is -1.91. The van der Waals surface area contributed by atoms with Crippen LogP contribution < -0.4 is 14.8 Å². The molecule has 5 heteroatoms. The van der Waals surface area contributed by atoms with Gasteiger partial charge in [-0.25, -0.2) is 4.79 Å². The van der Waals surface area contributed by atoms with Crippen molar-refractivity contribution in [3.63, 3.8) is 0 Å². The molecule has 1 fully saturated rings. The molecule has 2 rings (SSSR count). The van der Waals surface area contributed by atoms with Crippen molar-refractivity contribution in [2.24, 2.45) is 5.92 Å². The molecule has 1 aliphatic rings. The molecule has 21 heavy (non-hydrogen) atoms. The number of ether oxygens (including phenoxy) is 2. The van der Waals surface area contributed by atoms with Crippen molar-refractivity contribution in [2.45, 2.75) is 26.4 Å². The van der Waals surface area contributed by atoms with E-state index in [4.69, 9.17) is 9.47 Å². The summed E-state index contributed by atoms with van der Waals surface area (Å²) >= 11 is 0. The van der Waals surface area contributed by atoms with Crippen molar-refractivity contribution < 1.29 is 14.3 Å². The summed E-state index contributed by atoms with van der Waals surface area (Å²) in [5.41, 5.74) is 0. The van der Waals surface area contributed by atoms with Gasteiger partial charge in [-0.2, -0.15) is 0 Å². The summed E-state index contributed by atoms with van der Waals surface area (Å²) in [5, 5.41) is 2.93. The van der Waals surface area contributed by atoms with Crippen LogP contribution in [0.3, 0.4) is 0 Å². The molecule has 2 amide bonds. The summed E-state index contributed by atoms with van der Waals surface area (Å²) in [5.74, 6) is 2.15. The fourth-order valence-electron chi connectivity index (χ4n) is 2.13. The van der Waals surface area contributed by atoms with E-state index in [1.165, 1.54) is 0 Å². The zero-order chi connectivity index (χ0) is 15.2. The molecule has 1 saturated heterocycles. The minimum absolute atomic E-state index is 0.00106. The number of amides is 2. The van der Waals surface area contributed by atoms with Crippen LogP contribution in [-0.4, -0.2) is 43.8 Å². The lowest BCUT2D eigenvalue weighted by atomic mass is 10.1. The fourth-order valence-corrected chi connectivity index (χ4v) is 2.13. The predicted octanol–water partition coefficient (Wildman–Crippen LogP) is 2.51. The number of urea groups is 1. The SMILES string of the molecule is COc1cccc(OC2CN(C(=O)NCCC(C)C)C2)c1. The molecule has 1 N–H and O–H groups in total. The standard InChI is InChI=1S/C16H24N2O3/c1-12(2)7-8-17-16(19)18-10-15(11-18)21-14-6-4-5-13(9-14)20-3/h4-6,9,12,15H,7-8,10-11H2,1-3H3,(H,17,19). The highest BCUT2D eigenvalue weighted by atomic mass is 16.5. The summed E-state index contributed by atoms with van der Waals surface area (Å²) in [7, 11) is 1.63. The molecule has 0 unspecified atom stereocenters. The van der Waals surface area contributed by atoms with Gasteiger partial charge in [0.25, 0.3) is 0 Å². The molecule has 0 bridgehead atoms. The van der Waals surface area contributed by atoms with Crippen LogP contribution in [0.2, 0.25) is 0 Å². The third-order valence-corrected chi connectivity index (χ3v) is 3.48. The van der Waals surface area contributed by atoms with E-state index in [1.54, 1.807) is 12.0 Å². The Bertz CT molecular complexity index is 470. The molecule has 5 nitrogen and oxygen atoms in total. The van der Waals surface area contributed by atoms with Gasteiger partial charge in [-0.15, -0.1) is 0 Å². The smallest absolute Gasteiger partial charge is 0.317 e. The van der Waals surface area contributed by atoms with Crippen LogP contribution in [0.5, 0.6) is 11.5 Å². The van der Waals surface area contributed by atoms with E-state index < -0.39 is 0 Å². The molecular formula is C16H24N2O3. The quantitative estimate of drug-likeness (QED) is 0.876. The highest BCUT2D eigenvalue weighted by Crippen LogP contribution is 2.22. The zero-order valence-corrected chi connectivity index (χ0v) is 13.0. The van der Waals surface area contributed by atoms with Crippen LogP contribution in [0.25, 0.3) is 0 Å². The number of methoxy groups -OCH3 is 1. The lowest BCUT2D eigenvalue weighted by Crippen LogP contribution is -2.59. The molecule has 1 heterocycles. The summed E-state index contributed by atoms with van der Waals surface area (Å²) in [6, 6.07) is 7.52. The summed E-state index contributed by atoms with van der Waals surface area (Å²) in [4.78, 5) is 13.6. The van der Waals surface area contributed by atoms with Crippen molar-refractivity contribution in [3.05, 3.63) is 24.3 Å². The Morgan fingerprint density at radius 3 is 2.76 bits per heavy atom. The van der Waals surface area contributed by atoms with Gasteiger partial charge < -0.3 is 19.7 Å². The van der Waals surface area contributed by atoms with Crippen LogP contribution >= 0.6 is 0 Å². The zero-order valence-electron chi connectivity index (χ0n) is 13.0. The van der Waals surface area contributed by atoms with Crippen molar-refractivity contribution >= 4 is 6.03 Å². The first kappa shape index (κ1) is 15.5. The number of carbonyl (C=O) groups is 1. The molecule has 1 aromatic carbocycles. The van der Waals surface area contributed by atoms with Gasteiger partial charge in [0.2, 0.25) is 0 Å². The molecule has 116 valence electrons. The third kappa shape index (κ3) is 4.55. The number of hydrogen-bond donors (Lipinski definition) is 1. The van der Waals surface area contributed by atoms with Gasteiger partial charge >= 0.3 is 6.03 Å². The van der Waals surface area contributed by atoms with E-state index in [9.17, 15) is 4.79 Å².